The number of fused-ring (bicyclic) bond motifs is 6. The molecule has 0 aliphatic carbocycles. The van der Waals surface area contributed by atoms with Gasteiger partial charge in [0.15, 0.2) is 0 Å². The summed E-state index contributed by atoms with van der Waals surface area (Å²) in [6, 6.07) is 38.4. The van der Waals surface area contributed by atoms with Crippen LogP contribution in [0.1, 0.15) is 5.56 Å². The normalized spacial score (nSPS) is 11.4. The van der Waals surface area contributed by atoms with E-state index in [-0.39, 0.29) is 0 Å². The van der Waals surface area contributed by atoms with E-state index in [0.717, 1.165) is 16.5 Å². The number of hydrogen-bond acceptors (Lipinski definition) is 3. The molecule has 0 amide bonds. The second-order valence-electron chi connectivity index (χ2n) is 8.76. The number of benzene rings is 5. The van der Waals surface area contributed by atoms with Crippen molar-refractivity contribution in [1.29, 1.82) is 5.26 Å². The highest BCUT2D eigenvalue weighted by Gasteiger charge is 2.13. The molecule has 3 heteroatoms. The molecule has 2 heterocycles. The van der Waals surface area contributed by atoms with Crippen LogP contribution in [0, 0.1) is 11.3 Å². The van der Waals surface area contributed by atoms with Crippen molar-refractivity contribution in [3.8, 4) is 28.3 Å². The lowest BCUT2D eigenvalue weighted by Crippen LogP contribution is -1.84. The molecule has 35 heavy (non-hydrogen) atoms. The Kier molecular flexibility index (Phi) is 4.42. The van der Waals surface area contributed by atoms with Crippen LogP contribution in [-0.2, 0) is 0 Å². The fourth-order valence-electron chi connectivity index (χ4n) is 5.01. The average molecular weight is 463 g/mol. The maximum absolute atomic E-state index is 9.19. The second kappa shape index (κ2) is 7.77. The van der Waals surface area contributed by atoms with E-state index < -0.39 is 0 Å². The number of nitriles is 1. The van der Waals surface area contributed by atoms with E-state index in [1.54, 1.807) is 0 Å². The third-order valence-corrected chi connectivity index (χ3v) is 7.88. The van der Waals surface area contributed by atoms with Crippen LogP contribution in [0.4, 0.5) is 0 Å². The van der Waals surface area contributed by atoms with Gasteiger partial charge in [-0.2, -0.15) is 5.26 Å². The molecular weight excluding hydrogens is 444 g/mol. The third-order valence-electron chi connectivity index (χ3n) is 6.74. The van der Waals surface area contributed by atoms with Crippen LogP contribution in [0.15, 0.2) is 109 Å². The molecular formula is C32H18N2S. The molecule has 7 rings (SSSR count). The van der Waals surface area contributed by atoms with E-state index in [1.165, 1.54) is 47.6 Å². The molecule has 7 aromatic rings. The monoisotopic (exact) mass is 462 g/mol. The maximum Gasteiger partial charge on any atom is 0.0991 e. The number of hydrogen-bond donors (Lipinski definition) is 0. The van der Waals surface area contributed by atoms with Gasteiger partial charge in [-0.25, -0.2) is 0 Å². The highest BCUT2D eigenvalue weighted by molar-refractivity contribution is 7.26. The zero-order valence-corrected chi connectivity index (χ0v) is 19.5. The first-order valence-corrected chi connectivity index (χ1v) is 12.3. The zero-order valence-electron chi connectivity index (χ0n) is 18.7. The molecule has 0 bridgehead atoms. The summed E-state index contributed by atoms with van der Waals surface area (Å²) in [6.07, 6.45) is 1.86. The van der Waals surface area contributed by atoms with Crippen LogP contribution in [0.25, 0.3) is 64.1 Å². The molecule has 2 nitrogen and oxygen atoms in total. The van der Waals surface area contributed by atoms with Crippen LogP contribution in [0.2, 0.25) is 0 Å². The van der Waals surface area contributed by atoms with Gasteiger partial charge in [-0.1, -0.05) is 60.7 Å². The van der Waals surface area contributed by atoms with E-state index >= 15 is 0 Å². The molecule has 5 aromatic carbocycles. The van der Waals surface area contributed by atoms with Crippen molar-refractivity contribution < 1.29 is 0 Å². The van der Waals surface area contributed by atoms with E-state index in [2.05, 4.69) is 83.8 Å². The molecule has 0 spiro atoms. The topological polar surface area (TPSA) is 36.7 Å². The first kappa shape index (κ1) is 19.9. The minimum atomic E-state index is 0.678. The summed E-state index contributed by atoms with van der Waals surface area (Å²) < 4.78 is 2.55. The number of pyridine rings is 1. The summed E-state index contributed by atoms with van der Waals surface area (Å²) >= 11 is 1.82. The molecule has 162 valence electrons. The van der Waals surface area contributed by atoms with Crippen molar-refractivity contribution in [1.82, 2.24) is 4.98 Å². The third kappa shape index (κ3) is 3.19. The van der Waals surface area contributed by atoms with Crippen LogP contribution >= 0.6 is 11.3 Å². The fourth-order valence-corrected chi connectivity index (χ4v) is 6.13. The van der Waals surface area contributed by atoms with Crippen LogP contribution in [0.3, 0.4) is 0 Å². The van der Waals surface area contributed by atoms with Gasteiger partial charge in [0, 0.05) is 37.1 Å². The van der Waals surface area contributed by atoms with E-state index in [9.17, 15) is 5.26 Å². The molecule has 0 fully saturated rings. The summed E-state index contributed by atoms with van der Waals surface area (Å²) in [5.41, 5.74) is 6.43. The van der Waals surface area contributed by atoms with E-state index in [4.69, 9.17) is 0 Å². The van der Waals surface area contributed by atoms with E-state index in [1.807, 2.05) is 47.9 Å². The fraction of sp³-hybridized carbons (Fsp3) is 0. The molecule has 0 saturated carbocycles. The summed E-state index contributed by atoms with van der Waals surface area (Å²) in [5.74, 6) is 0. The quantitative estimate of drug-likeness (QED) is 0.240. The van der Waals surface area contributed by atoms with Crippen LogP contribution in [0.5, 0.6) is 0 Å². The highest BCUT2D eigenvalue weighted by atomic mass is 32.1. The number of nitrogens with zero attached hydrogens (tertiary/aromatic N) is 2. The number of thiophene rings is 1. The molecule has 0 atom stereocenters. The molecule has 0 saturated heterocycles. The lowest BCUT2D eigenvalue weighted by Gasteiger charge is -2.08. The van der Waals surface area contributed by atoms with Gasteiger partial charge in [0.05, 0.1) is 17.1 Å². The zero-order chi connectivity index (χ0) is 23.4. The Labute approximate surface area is 206 Å². The summed E-state index contributed by atoms with van der Waals surface area (Å²) in [5, 5.41) is 15.3. The molecule has 0 N–H and O–H groups in total. The first-order chi connectivity index (χ1) is 17.3. The van der Waals surface area contributed by atoms with Gasteiger partial charge in [0.1, 0.15) is 0 Å². The Hall–Kier alpha value is -4.52. The van der Waals surface area contributed by atoms with Gasteiger partial charge in [-0.05, 0) is 70.1 Å². The highest BCUT2D eigenvalue weighted by Crippen LogP contribution is 2.42. The lowest BCUT2D eigenvalue weighted by atomic mass is 9.96. The van der Waals surface area contributed by atoms with Crippen molar-refractivity contribution >= 4 is 53.2 Å². The van der Waals surface area contributed by atoms with Crippen LogP contribution in [-0.4, -0.2) is 4.98 Å². The second-order valence-corrected chi connectivity index (χ2v) is 9.84. The minimum Gasteiger partial charge on any atom is -0.256 e. The first-order valence-electron chi connectivity index (χ1n) is 11.5. The maximum atomic E-state index is 9.19. The van der Waals surface area contributed by atoms with E-state index in [0.29, 0.717) is 5.56 Å². The average Bonchev–Trinajstić information content (AvgIpc) is 3.31. The van der Waals surface area contributed by atoms with Gasteiger partial charge in [-0.15, -0.1) is 11.3 Å². The van der Waals surface area contributed by atoms with Crippen molar-refractivity contribution in [3.05, 3.63) is 115 Å². The Bertz CT molecular complexity index is 1960. The van der Waals surface area contributed by atoms with Gasteiger partial charge in [0.25, 0.3) is 0 Å². The Morgan fingerprint density at radius 3 is 2.23 bits per heavy atom. The summed E-state index contributed by atoms with van der Waals surface area (Å²) in [7, 11) is 0. The Balaban J connectivity index is 1.45. The van der Waals surface area contributed by atoms with Gasteiger partial charge in [-0.3, -0.25) is 4.98 Å². The van der Waals surface area contributed by atoms with Gasteiger partial charge < -0.3 is 0 Å². The van der Waals surface area contributed by atoms with Gasteiger partial charge in [0.2, 0.25) is 0 Å². The molecule has 0 unspecified atom stereocenters. The standard InChI is InChI=1S/C32H18N2S/c33-19-20-6-8-21(9-7-20)26-4-1-5-30-31(26)28-18-25(14-15-29(28)35-30)24-13-11-22-10-12-23-3-2-16-34-32(23)27(22)17-24/h1-18H. The Morgan fingerprint density at radius 1 is 0.629 bits per heavy atom. The SMILES string of the molecule is N#Cc1ccc(-c2cccc3sc4ccc(-c5ccc6ccc7cccnc7c6c5)cc4c23)cc1. The summed E-state index contributed by atoms with van der Waals surface area (Å²) in [6.45, 7) is 0. The van der Waals surface area contributed by atoms with Crippen molar-refractivity contribution in [2.24, 2.45) is 0 Å². The Morgan fingerprint density at radius 2 is 1.37 bits per heavy atom. The van der Waals surface area contributed by atoms with Gasteiger partial charge >= 0.3 is 0 Å². The van der Waals surface area contributed by atoms with Crippen molar-refractivity contribution in [2.75, 3.05) is 0 Å². The largest absolute Gasteiger partial charge is 0.256 e. The predicted octanol–water partition coefficient (Wildman–Crippen LogP) is 8.96. The number of rotatable bonds is 2. The lowest BCUT2D eigenvalue weighted by molar-refractivity contribution is 1.43. The van der Waals surface area contributed by atoms with Crippen molar-refractivity contribution in [3.63, 3.8) is 0 Å². The minimum absolute atomic E-state index is 0.678. The number of aromatic nitrogens is 1. The predicted molar refractivity (Wildman–Crippen MR) is 148 cm³/mol. The molecule has 2 aromatic heterocycles. The molecule has 0 aliphatic rings. The van der Waals surface area contributed by atoms with Crippen LogP contribution < -0.4 is 0 Å². The smallest absolute Gasteiger partial charge is 0.0991 e. The molecule has 0 aliphatic heterocycles. The van der Waals surface area contributed by atoms with Crippen molar-refractivity contribution in [2.45, 2.75) is 0 Å². The summed E-state index contributed by atoms with van der Waals surface area (Å²) in [4.78, 5) is 4.67. The molecule has 0 radical (unpaired) electrons.